The predicted molar refractivity (Wildman–Crippen MR) is 72.0 cm³/mol. The molecule has 0 aliphatic carbocycles. The number of rotatable bonds is 2. The maximum absolute atomic E-state index is 12.8. The number of halogens is 4. The Balaban J connectivity index is 1.99. The van der Waals surface area contributed by atoms with Crippen LogP contribution in [0.2, 0.25) is 5.02 Å². The number of aromatic nitrogens is 4. The van der Waals surface area contributed by atoms with Gasteiger partial charge in [0.1, 0.15) is 5.75 Å². The van der Waals surface area contributed by atoms with Crippen LogP contribution in [0.15, 0.2) is 30.3 Å². The van der Waals surface area contributed by atoms with Crippen LogP contribution in [-0.2, 0) is 6.18 Å². The molecule has 5 nitrogen and oxygen atoms in total. The van der Waals surface area contributed by atoms with Gasteiger partial charge in [0.25, 0.3) is 5.82 Å². The first-order valence-electron chi connectivity index (χ1n) is 6.08. The summed E-state index contributed by atoms with van der Waals surface area (Å²) in [4.78, 5) is 0. The van der Waals surface area contributed by atoms with E-state index in [-0.39, 0.29) is 11.5 Å². The highest BCUT2D eigenvalue weighted by Gasteiger charge is 2.37. The molecule has 22 heavy (non-hydrogen) atoms. The zero-order valence-corrected chi connectivity index (χ0v) is 11.9. The third-order valence-corrected chi connectivity index (χ3v) is 3.27. The first kappa shape index (κ1) is 14.6. The Morgan fingerprint density at radius 1 is 1.14 bits per heavy atom. The van der Waals surface area contributed by atoms with Gasteiger partial charge >= 0.3 is 6.18 Å². The average Bonchev–Trinajstić information content (AvgIpc) is 2.86. The maximum atomic E-state index is 12.8. The van der Waals surface area contributed by atoms with Crippen LogP contribution < -0.4 is 4.74 Å². The smallest absolute Gasteiger partial charge is 0.438 e. The highest BCUT2D eigenvalue weighted by Crippen LogP contribution is 2.29. The largest absolute Gasteiger partial charge is 0.453 e. The number of fused-ring (bicyclic) bond motifs is 1. The van der Waals surface area contributed by atoms with Crippen molar-refractivity contribution in [2.24, 2.45) is 0 Å². The topological polar surface area (TPSA) is 52.3 Å². The van der Waals surface area contributed by atoms with Crippen LogP contribution >= 0.6 is 11.6 Å². The van der Waals surface area contributed by atoms with E-state index in [1.807, 2.05) is 0 Å². The molecular formula is C13H8ClF3N4O. The Morgan fingerprint density at radius 3 is 2.59 bits per heavy atom. The van der Waals surface area contributed by atoms with E-state index >= 15 is 0 Å². The molecule has 0 radical (unpaired) electrons. The fraction of sp³-hybridized carbons (Fsp3) is 0.154. The summed E-state index contributed by atoms with van der Waals surface area (Å²) in [6.45, 7) is 1.79. The first-order valence-corrected chi connectivity index (χ1v) is 6.46. The van der Waals surface area contributed by atoms with Crippen LogP contribution in [0.1, 0.15) is 11.4 Å². The van der Waals surface area contributed by atoms with Crippen molar-refractivity contribution >= 4 is 17.2 Å². The second kappa shape index (κ2) is 5.13. The lowest BCUT2D eigenvalue weighted by molar-refractivity contribution is -0.146. The fourth-order valence-corrected chi connectivity index (χ4v) is 1.92. The van der Waals surface area contributed by atoms with Gasteiger partial charge in [0.05, 0.1) is 0 Å². The summed E-state index contributed by atoms with van der Waals surface area (Å²) in [7, 11) is 0. The van der Waals surface area contributed by atoms with Gasteiger partial charge in [-0.15, -0.1) is 15.3 Å². The van der Waals surface area contributed by atoms with Crippen LogP contribution in [0, 0.1) is 6.92 Å². The van der Waals surface area contributed by atoms with Gasteiger partial charge in [-0.05, 0) is 36.8 Å². The van der Waals surface area contributed by atoms with Gasteiger partial charge in [-0.3, -0.25) is 0 Å². The molecule has 0 saturated heterocycles. The number of ether oxygens (including phenoxy) is 1. The summed E-state index contributed by atoms with van der Waals surface area (Å²) in [5, 5.41) is 10.8. The number of benzene rings is 1. The van der Waals surface area contributed by atoms with Crippen molar-refractivity contribution in [3.63, 3.8) is 0 Å². The van der Waals surface area contributed by atoms with Crippen LogP contribution in [0.4, 0.5) is 13.2 Å². The van der Waals surface area contributed by atoms with Crippen LogP contribution in [0.5, 0.6) is 11.6 Å². The summed E-state index contributed by atoms with van der Waals surface area (Å²) in [6.07, 6.45) is -4.65. The monoisotopic (exact) mass is 328 g/mol. The summed E-state index contributed by atoms with van der Waals surface area (Å²) >= 11 is 5.90. The lowest BCUT2D eigenvalue weighted by atomic mass is 10.2. The van der Waals surface area contributed by atoms with Crippen molar-refractivity contribution in [3.05, 3.63) is 46.7 Å². The van der Waals surface area contributed by atoms with E-state index < -0.39 is 12.0 Å². The van der Waals surface area contributed by atoms with Gasteiger partial charge in [0.2, 0.25) is 5.88 Å². The molecule has 0 unspecified atom stereocenters. The minimum Gasteiger partial charge on any atom is -0.438 e. The highest BCUT2D eigenvalue weighted by molar-refractivity contribution is 6.31. The SMILES string of the molecule is Cc1cc(Oc2ccc3nnc(C(F)(F)F)n3n2)ccc1Cl. The molecule has 114 valence electrons. The molecule has 3 aromatic rings. The molecular weight excluding hydrogens is 321 g/mol. The summed E-state index contributed by atoms with van der Waals surface area (Å²) in [5.74, 6) is -0.810. The number of aryl methyl sites for hydroxylation is 1. The minimum atomic E-state index is -4.65. The number of alkyl halides is 3. The van der Waals surface area contributed by atoms with Gasteiger partial charge < -0.3 is 4.74 Å². The first-order chi connectivity index (χ1) is 10.3. The van der Waals surface area contributed by atoms with E-state index in [4.69, 9.17) is 16.3 Å². The van der Waals surface area contributed by atoms with Gasteiger partial charge in [-0.1, -0.05) is 11.6 Å². The van der Waals surface area contributed by atoms with Crippen molar-refractivity contribution in [2.75, 3.05) is 0 Å². The van der Waals surface area contributed by atoms with E-state index in [2.05, 4.69) is 15.3 Å². The third kappa shape index (κ3) is 2.69. The van der Waals surface area contributed by atoms with E-state index in [1.165, 1.54) is 12.1 Å². The quantitative estimate of drug-likeness (QED) is 0.716. The summed E-state index contributed by atoms with van der Waals surface area (Å²) < 4.78 is 44.4. The molecule has 0 aliphatic rings. The molecule has 0 bridgehead atoms. The minimum absolute atomic E-state index is 0.0143. The Kier molecular flexibility index (Phi) is 3.40. The standard InChI is InChI=1S/C13H8ClF3N4O/c1-7-6-8(2-3-9(7)14)22-11-5-4-10-18-19-12(13(15,16)17)21(10)20-11/h2-6H,1H3. The Bertz CT molecular complexity index is 847. The normalized spacial score (nSPS) is 11.9. The third-order valence-electron chi connectivity index (χ3n) is 2.84. The molecule has 0 aliphatic heterocycles. The van der Waals surface area contributed by atoms with Gasteiger partial charge in [-0.25, -0.2) is 0 Å². The molecule has 0 atom stereocenters. The zero-order valence-electron chi connectivity index (χ0n) is 11.1. The predicted octanol–water partition coefficient (Wildman–Crippen LogP) is 3.90. The molecule has 2 aromatic heterocycles. The second-order valence-electron chi connectivity index (χ2n) is 4.48. The molecule has 0 fully saturated rings. The van der Waals surface area contributed by atoms with Gasteiger partial charge in [-0.2, -0.15) is 17.7 Å². The Hall–Kier alpha value is -2.35. The van der Waals surface area contributed by atoms with Crippen LogP contribution in [-0.4, -0.2) is 19.8 Å². The lowest BCUT2D eigenvalue weighted by Crippen LogP contribution is -2.12. The molecule has 0 N–H and O–H groups in total. The van der Waals surface area contributed by atoms with E-state index in [1.54, 1.807) is 25.1 Å². The van der Waals surface area contributed by atoms with Crippen molar-refractivity contribution in [2.45, 2.75) is 13.1 Å². The Labute approximate surface area is 127 Å². The van der Waals surface area contributed by atoms with Gasteiger partial charge in [0, 0.05) is 11.1 Å². The zero-order chi connectivity index (χ0) is 15.9. The maximum Gasteiger partial charge on any atom is 0.453 e. The molecule has 0 amide bonds. The number of hydrogen-bond donors (Lipinski definition) is 0. The van der Waals surface area contributed by atoms with Crippen molar-refractivity contribution in [1.82, 2.24) is 19.8 Å². The lowest BCUT2D eigenvalue weighted by Gasteiger charge is -2.07. The molecule has 0 spiro atoms. The molecule has 3 rings (SSSR count). The van der Waals surface area contributed by atoms with E-state index in [0.717, 1.165) is 5.56 Å². The molecule has 9 heteroatoms. The molecule has 1 aromatic carbocycles. The highest BCUT2D eigenvalue weighted by atomic mass is 35.5. The van der Waals surface area contributed by atoms with Crippen molar-refractivity contribution in [3.8, 4) is 11.6 Å². The summed E-state index contributed by atoms with van der Waals surface area (Å²) in [5.41, 5.74) is 0.757. The Morgan fingerprint density at radius 2 is 1.91 bits per heavy atom. The summed E-state index contributed by atoms with van der Waals surface area (Å²) in [6, 6.07) is 7.63. The van der Waals surface area contributed by atoms with Crippen molar-refractivity contribution in [1.29, 1.82) is 0 Å². The fourth-order valence-electron chi connectivity index (χ4n) is 1.80. The van der Waals surface area contributed by atoms with E-state index in [0.29, 0.717) is 15.3 Å². The number of nitrogens with zero attached hydrogens (tertiary/aromatic N) is 4. The van der Waals surface area contributed by atoms with Gasteiger partial charge in [0.15, 0.2) is 5.65 Å². The number of hydrogen-bond acceptors (Lipinski definition) is 4. The molecule has 2 heterocycles. The average molecular weight is 329 g/mol. The van der Waals surface area contributed by atoms with Crippen molar-refractivity contribution < 1.29 is 17.9 Å². The van der Waals surface area contributed by atoms with E-state index in [9.17, 15) is 13.2 Å². The van der Waals surface area contributed by atoms with Crippen LogP contribution in [0.3, 0.4) is 0 Å². The second-order valence-corrected chi connectivity index (χ2v) is 4.88. The van der Waals surface area contributed by atoms with Crippen LogP contribution in [0.25, 0.3) is 5.65 Å². The molecule has 0 saturated carbocycles.